The maximum absolute atomic E-state index is 12.0. The van der Waals surface area contributed by atoms with Crippen LogP contribution in [0.2, 0.25) is 0 Å². The third-order valence-corrected chi connectivity index (χ3v) is 4.11. The first-order valence-corrected chi connectivity index (χ1v) is 8.37. The highest BCUT2D eigenvalue weighted by Gasteiger charge is 2.13. The molecule has 0 unspecified atom stereocenters. The number of amides is 1. The van der Waals surface area contributed by atoms with E-state index in [9.17, 15) is 9.59 Å². The summed E-state index contributed by atoms with van der Waals surface area (Å²) >= 11 is 1.48. The second-order valence-corrected chi connectivity index (χ2v) is 6.15. The maximum Gasteiger partial charge on any atom is 0.325 e. The monoisotopic (exact) mass is 357 g/mol. The Bertz CT molecular complexity index is 874. The number of nitrogens with one attached hydrogen (secondary N) is 1. The predicted octanol–water partition coefficient (Wildman–Crippen LogP) is 2.58. The van der Waals surface area contributed by atoms with Crippen LogP contribution in [0.3, 0.4) is 0 Å². The van der Waals surface area contributed by atoms with E-state index in [0.717, 1.165) is 10.4 Å². The molecule has 7 nitrogen and oxygen atoms in total. The lowest BCUT2D eigenvalue weighted by Crippen LogP contribution is -2.30. The third-order valence-electron chi connectivity index (χ3n) is 3.24. The van der Waals surface area contributed by atoms with Crippen LogP contribution in [0.25, 0.3) is 10.7 Å². The van der Waals surface area contributed by atoms with Gasteiger partial charge in [-0.2, -0.15) is 4.98 Å². The van der Waals surface area contributed by atoms with Crippen LogP contribution in [-0.2, 0) is 16.1 Å². The predicted molar refractivity (Wildman–Crippen MR) is 90.9 cm³/mol. The number of hydrogen-bond acceptors (Lipinski definition) is 7. The van der Waals surface area contributed by atoms with Gasteiger partial charge in [0.25, 0.3) is 11.8 Å². The van der Waals surface area contributed by atoms with Gasteiger partial charge in [0.1, 0.15) is 6.54 Å². The summed E-state index contributed by atoms with van der Waals surface area (Å²) in [6.45, 7) is 1.51. The van der Waals surface area contributed by atoms with Crippen LogP contribution >= 0.6 is 11.3 Å². The number of thiophene rings is 1. The summed E-state index contributed by atoms with van der Waals surface area (Å²) < 4.78 is 10.1. The normalized spacial score (nSPS) is 10.4. The van der Waals surface area contributed by atoms with Crippen LogP contribution in [0.1, 0.15) is 21.8 Å². The quantitative estimate of drug-likeness (QED) is 0.682. The molecule has 3 aromatic rings. The lowest BCUT2D eigenvalue weighted by atomic mass is 10.1. The van der Waals surface area contributed by atoms with Gasteiger partial charge >= 0.3 is 5.97 Å². The Morgan fingerprint density at radius 3 is 2.92 bits per heavy atom. The Labute approximate surface area is 147 Å². The fourth-order valence-electron chi connectivity index (χ4n) is 2.05. The average molecular weight is 357 g/mol. The number of nitrogens with zero attached hydrogens (tertiary/aromatic N) is 2. The van der Waals surface area contributed by atoms with Crippen LogP contribution in [-0.4, -0.2) is 28.6 Å². The highest BCUT2D eigenvalue weighted by Crippen LogP contribution is 2.21. The van der Waals surface area contributed by atoms with E-state index in [4.69, 9.17) is 9.26 Å². The van der Waals surface area contributed by atoms with Crippen molar-refractivity contribution >= 4 is 23.2 Å². The summed E-state index contributed by atoms with van der Waals surface area (Å²) in [4.78, 5) is 28.7. The molecule has 3 rings (SSSR count). The van der Waals surface area contributed by atoms with Crippen LogP contribution < -0.4 is 5.32 Å². The molecule has 0 saturated heterocycles. The van der Waals surface area contributed by atoms with Gasteiger partial charge in [0.05, 0.1) is 4.88 Å². The molecule has 0 radical (unpaired) electrons. The number of esters is 1. The standard InChI is InChI=1S/C17H15N3O4S/c1-11-4-2-5-12(8-11)17(22)18-9-15(21)23-10-14-19-16(20-24-14)13-6-3-7-25-13/h2-8H,9-10H2,1H3,(H,18,22). The molecule has 1 aromatic carbocycles. The minimum atomic E-state index is -0.586. The van der Waals surface area contributed by atoms with Crippen LogP contribution in [0.4, 0.5) is 0 Å². The molecule has 0 saturated carbocycles. The minimum Gasteiger partial charge on any atom is -0.454 e. The van der Waals surface area contributed by atoms with E-state index in [-0.39, 0.29) is 24.9 Å². The molecular formula is C17H15N3O4S. The average Bonchev–Trinajstić information content (AvgIpc) is 3.29. The molecule has 0 fully saturated rings. The first kappa shape index (κ1) is 16.8. The summed E-state index contributed by atoms with van der Waals surface area (Å²) in [5.74, 6) is -0.272. The fourth-order valence-corrected chi connectivity index (χ4v) is 2.70. The van der Waals surface area contributed by atoms with Crippen molar-refractivity contribution in [1.29, 1.82) is 0 Å². The number of aromatic nitrogens is 2. The first-order chi connectivity index (χ1) is 12.1. The van der Waals surface area contributed by atoms with Crippen molar-refractivity contribution in [3.05, 3.63) is 58.8 Å². The molecule has 1 N–H and O–H groups in total. The molecule has 2 aromatic heterocycles. The first-order valence-electron chi connectivity index (χ1n) is 7.49. The Morgan fingerprint density at radius 1 is 1.28 bits per heavy atom. The van der Waals surface area contributed by atoms with Gasteiger partial charge in [-0.05, 0) is 30.5 Å². The van der Waals surface area contributed by atoms with Crippen molar-refractivity contribution in [3.63, 3.8) is 0 Å². The van der Waals surface area contributed by atoms with Crippen LogP contribution in [0.15, 0.2) is 46.3 Å². The van der Waals surface area contributed by atoms with Gasteiger partial charge in [-0.25, -0.2) is 0 Å². The van der Waals surface area contributed by atoms with Crippen molar-refractivity contribution in [2.75, 3.05) is 6.54 Å². The van der Waals surface area contributed by atoms with Crippen molar-refractivity contribution in [2.45, 2.75) is 13.5 Å². The molecule has 0 spiro atoms. The van der Waals surface area contributed by atoms with Gasteiger partial charge in [-0.15, -0.1) is 11.3 Å². The molecule has 0 aliphatic heterocycles. The summed E-state index contributed by atoms with van der Waals surface area (Å²) in [6.07, 6.45) is 0. The topological polar surface area (TPSA) is 94.3 Å². The van der Waals surface area contributed by atoms with Crippen molar-refractivity contribution in [3.8, 4) is 10.7 Å². The lowest BCUT2D eigenvalue weighted by molar-refractivity contribution is -0.144. The second kappa shape index (κ2) is 7.71. The van der Waals surface area contributed by atoms with E-state index in [0.29, 0.717) is 11.4 Å². The van der Waals surface area contributed by atoms with Crippen molar-refractivity contribution < 1.29 is 18.8 Å². The van der Waals surface area contributed by atoms with Crippen LogP contribution in [0, 0.1) is 6.92 Å². The SMILES string of the molecule is Cc1cccc(C(=O)NCC(=O)OCc2nc(-c3cccs3)no2)c1. The van der Waals surface area contributed by atoms with E-state index < -0.39 is 5.97 Å². The van der Waals surface area contributed by atoms with Gasteiger partial charge in [-0.3, -0.25) is 9.59 Å². The maximum atomic E-state index is 12.0. The number of carbonyl (C=O) groups excluding carboxylic acids is 2. The van der Waals surface area contributed by atoms with Gasteiger partial charge in [0.2, 0.25) is 5.82 Å². The highest BCUT2D eigenvalue weighted by atomic mass is 32.1. The molecule has 1 amide bonds. The smallest absolute Gasteiger partial charge is 0.325 e. The van der Waals surface area contributed by atoms with E-state index in [1.54, 1.807) is 18.2 Å². The van der Waals surface area contributed by atoms with E-state index in [1.165, 1.54) is 11.3 Å². The van der Waals surface area contributed by atoms with Gasteiger partial charge in [0.15, 0.2) is 6.61 Å². The second-order valence-electron chi connectivity index (χ2n) is 5.20. The Balaban J connectivity index is 1.46. The molecule has 0 atom stereocenters. The summed E-state index contributed by atoms with van der Waals surface area (Å²) in [5.41, 5.74) is 1.46. The number of ether oxygens (including phenoxy) is 1. The molecule has 0 aliphatic carbocycles. The zero-order valence-corrected chi connectivity index (χ0v) is 14.2. The summed E-state index contributed by atoms with van der Waals surface area (Å²) in [6, 6.07) is 10.8. The molecular weight excluding hydrogens is 342 g/mol. The molecule has 0 bridgehead atoms. The van der Waals surface area contributed by atoms with Crippen molar-refractivity contribution in [1.82, 2.24) is 15.5 Å². The number of carbonyl (C=O) groups is 2. The number of benzene rings is 1. The third kappa shape index (κ3) is 4.51. The number of hydrogen-bond donors (Lipinski definition) is 1. The van der Waals surface area contributed by atoms with Gasteiger partial charge < -0.3 is 14.6 Å². The zero-order valence-electron chi connectivity index (χ0n) is 13.4. The minimum absolute atomic E-state index is 0.141. The fraction of sp³-hybridized carbons (Fsp3) is 0.176. The van der Waals surface area contributed by atoms with Gasteiger partial charge in [0, 0.05) is 5.56 Å². The molecule has 128 valence electrons. The van der Waals surface area contributed by atoms with E-state index >= 15 is 0 Å². The van der Waals surface area contributed by atoms with Crippen LogP contribution in [0.5, 0.6) is 0 Å². The molecule has 8 heteroatoms. The Morgan fingerprint density at radius 2 is 2.16 bits per heavy atom. The molecule has 2 heterocycles. The summed E-state index contributed by atoms with van der Waals surface area (Å²) in [5, 5.41) is 8.24. The van der Waals surface area contributed by atoms with Crippen molar-refractivity contribution in [2.24, 2.45) is 0 Å². The largest absolute Gasteiger partial charge is 0.454 e. The number of rotatable bonds is 6. The van der Waals surface area contributed by atoms with E-state index in [2.05, 4.69) is 15.5 Å². The molecule has 0 aliphatic rings. The Kier molecular flexibility index (Phi) is 5.20. The summed E-state index contributed by atoms with van der Waals surface area (Å²) in [7, 11) is 0. The van der Waals surface area contributed by atoms with Gasteiger partial charge in [-0.1, -0.05) is 28.9 Å². The van der Waals surface area contributed by atoms with E-state index in [1.807, 2.05) is 30.5 Å². The lowest BCUT2D eigenvalue weighted by Gasteiger charge is -2.05. The zero-order chi connectivity index (χ0) is 17.6. The Hall–Kier alpha value is -3.00. The highest BCUT2D eigenvalue weighted by molar-refractivity contribution is 7.13. The molecule has 25 heavy (non-hydrogen) atoms. The number of aryl methyl sites for hydroxylation is 1.